The lowest BCUT2D eigenvalue weighted by Crippen LogP contribution is -2.28. The smallest absolute Gasteiger partial charge is 0.253 e. The predicted molar refractivity (Wildman–Crippen MR) is 76.6 cm³/mol. The van der Waals surface area contributed by atoms with Crippen LogP contribution in [0.15, 0.2) is 29.4 Å². The fraction of sp³-hybridized carbons (Fsp3) is 0.467. The highest BCUT2D eigenvalue weighted by molar-refractivity contribution is 5.95. The zero-order valence-corrected chi connectivity index (χ0v) is 11.5. The summed E-state index contributed by atoms with van der Waals surface area (Å²) in [6.45, 7) is 2.98. The molecule has 0 bridgehead atoms. The van der Waals surface area contributed by atoms with Gasteiger partial charge in [0.1, 0.15) is 0 Å². The second-order valence-electron chi connectivity index (χ2n) is 5.40. The van der Waals surface area contributed by atoms with Crippen LogP contribution in [0.3, 0.4) is 0 Å². The molecular formula is C15H19N3O. The second-order valence-corrected chi connectivity index (χ2v) is 5.40. The summed E-state index contributed by atoms with van der Waals surface area (Å²) in [6.07, 6.45) is 3.30. The van der Waals surface area contributed by atoms with Crippen molar-refractivity contribution in [2.75, 3.05) is 18.6 Å². The fourth-order valence-electron chi connectivity index (χ4n) is 2.37. The van der Waals surface area contributed by atoms with Crippen molar-refractivity contribution in [3.8, 4) is 0 Å². The second kappa shape index (κ2) is 4.68. The van der Waals surface area contributed by atoms with Crippen molar-refractivity contribution in [2.45, 2.75) is 32.2 Å². The molecule has 1 fully saturated rings. The first-order chi connectivity index (χ1) is 9.15. The molecule has 1 aliphatic heterocycles. The van der Waals surface area contributed by atoms with Crippen molar-refractivity contribution >= 4 is 17.3 Å². The lowest BCUT2D eigenvalue weighted by atomic mass is 10.1. The van der Waals surface area contributed by atoms with Gasteiger partial charge in [0.2, 0.25) is 0 Å². The van der Waals surface area contributed by atoms with Gasteiger partial charge in [-0.05, 0) is 44.0 Å². The molecule has 2 aliphatic rings. The van der Waals surface area contributed by atoms with Gasteiger partial charge in [-0.25, -0.2) is 0 Å². The SMILES string of the molecule is CC1=NN(c2ccc(C(=O)N(C)C3CC3)cc2)CC1. The van der Waals surface area contributed by atoms with Crippen LogP contribution in [0.25, 0.3) is 0 Å². The van der Waals surface area contributed by atoms with Crippen LogP contribution in [0, 0.1) is 0 Å². The van der Waals surface area contributed by atoms with Crippen LogP contribution in [0.5, 0.6) is 0 Å². The maximum Gasteiger partial charge on any atom is 0.253 e. The Morgan fingerprint density at radius 2 is 2.00 bits per heavy atom. The summed E-state index contributed by atoms with van der Waals surface area (Å²) in [5, 5.41) is 6.46. The molecular weight excluding hydrogens is 238 g/mol. The number of anilines is 1. The van der Waals surface area contributed by atoms with Crippen molar-refractivity contribution in [2.24, 2.45) is 5.10 Å². The number of carbonyl (C=O) groups is 1. The summed E-state index contributed by atoms with van der Waals surface area (Å²) in [5.41, 5.74) is 2.98. The lowest BCUT2D eigenvalue weighted by molar-refractivity contribution is 0.0785. The molecule has 4 heteroatoms. The molecule has 1 heterocycles. The van der Waals surface area contributed by atoms with Crippen LogP contribution in [-0.4, -0.2) is 36.2 Å². The van der Waals surface area contributed by atoms with E-state index in [4.69, 9.17) is 0 Å². The minimum atomic E-state index is 0.121. The Bertz CT molecular complexity index is 517. The Labute approximate surface area is 113 Å². The Morgan fingerprint density at radius 3 is 2.53 bits per heavy atom. The number of carbonyl (C=O) groups excluding carboxylic acids is 1. The van der Waals surface area contributed by atoms with Gasteiger partial charge in [-0.15, -0.1) is 0 Å². The molecule has 0 spiro atoms. The van der Waals surface area contributed by atoms with E-state index in [9.17, 15) is 4.79 Å². The zero-order valence-electron chi connectivity index (χ0n) is 11.5. The Hall–Kier alpha value is -1.84. The van der Waals surface area contributed by atoms with E-state index in [0.717, 1.165) is 42.8 Å². The van der Waals surface area contributed by atoms with Gasteiger partial charge in [0.15, 0.2) is 0 Å². The van der Waals surface area contributed by atoms with Crippen LogP contribution in [0.1, 0.15) is 36.5 Å². The first-order valence-corrected chi connectivity index (χ1v) is 6.84. The van der Waals surface area contributed by atoms with Crippen LogP contribution in [0.2, 0.25) is 0 Å². The first-order valence-electron chi connectivity index (χ1n) is 6.84. The van der Waals surface area contributed by atoms with E-state index in [2.05, 4.69) is 5.10 Å². The Morgan fingerprint density at radius 1 is 1.32 bits per heavy atom. The number of hydrazone groups is 1. The zero-order chi connectivity index (χ0) is 13.4. The lowest BCUT2D eigenvalue weighted by Gasteiger charge is -2.17. The monoisotopic (exact) mass is 257 g/mol. The van der Waals surface area contributed by atoms with E-state index in [-0.39, 0.29) is 5.91 Å². The maximum absolute atomic E-state index is 12.2. The van der Waals surface area contributed by atoms with Gasteiger partial charge >= 0.3 is 0 Å². The molecule has 1 saturated carbocycles. The molecule has 1 aromatic rings. The summed E-state index contributed by atoms with van der Waals surface area (Å²) in [5.74, 6) is 0.121. The summed E-state index contributed by atoms with van der Waals surface area (Å²) < 4.78 is 0. The van der Waals surface area contributed by atoms with Crippen molar-refractivity contribution in [3.63, 3.8) is 0 Å². The molecule has 0 aromatic heterocycles. The number of amides is 1. The number of nitrogens with zero attached hydrogens (tertiary/aromatic N) is 3. The Kier molecular flexibility index (Phi) is 3.01. The van der Waals surface area contributed by atoms with Crippen LogP contribution in [-0.2, 0) is 0 Å². The highest BCUT2D eigenvalue weighted by Gasteiger charge is 2.30. The predicted octanol–water partition coefficient (Wildman–Crippen LogP) is 2.51. The summed E-state index contributed by atoms with van der Waals surface area (Å²) in [4.78, 5) is 14.0. The van der Waals surface area contributed by atoms with E-state index in [1.807, 2.05) is 48.1 Å². The number of hydrogen-bond donors (Lipinski definition) is 0. The average Bonchev–Trinajstić information content (AvgIpc) is 3.19. The molecule has 0 N–H and O–H groups in total. The fourth-order valence-corrected chi connectivity index (χ4v) is 2.37. The largest absolute Gasteiger partial charge is 0.339 e. The van der Waals surface area contributed by atoms with Crippen LogP contribution >= 0.6 is 0 Å². The third-order valence-corrected chi connectivity index (χ3v) is 3.80. The minimum Gasteiger partial charge on any atom is -0.339 e. The van der Waals surface area contributed by atoms with Gasteiger partial charge in [0.05, 0.1) is 5.69 Å². The molecule has 3 rings (SSSR count). The number of benzene rings is 1. The van der Waals surface area contributed by atoms with E-state index in [1.165, 1.54) is 0 Å². The normalized spacial score (nSPS) is 18.4. The maximum atomic E-state index is 12.2. The molecule has 0 atom stereocenters. The van der Waals surface area contributed by atoms with E-state index in [1.54, 1.807) is 0 Å². The highest BCUT2D eigenvalue weighted by Crippen LogP contribution is 2.27. The highest BCUT2D eigenvalue weighted by atomic mass is 16.2. The quantitative estimate of drug-likeness (QED) is 0.834. The Balaban J connectivity index is 1.73. The van der Waals surface area contributed by atoms with Crippen LogP contribution < -0.4 is 5.01 Å². The molecule has 0 saturated heterocycles. The molecule has 4 nitrogen and oxygen atoms in total. The van der Waals surface area contributed by atoms with Crippen LogP contribution in [0.4, 0.5) is 5.69 Å². The molecule has 0 unspecified atom stereocenters. The van der Waals surface area contributed by atoms with E-state index >= 15 is 0 Å². The van der Waals surface area contributed by atoms with Gasteiger partial charge in [-0.2, -0.15) is 5.10 Å². The molecule has 1 aromatic carbocycles. The van der Waals surface area contributed by atoms with Gasteiger partial charge < -0.3 is 4.90 Å². The molecule has 1 aliphatic carbocycles. The minimum absolute atomic E-state index is 0.121. The van der Waals surface area contributed by atoms with Gasteiger partial charge in [0, 0.05) is 37.3 Å². The standard InChI is InChI=1S/C15H19N3O/c1-11-9-10-18(16-11)14-5-3-12(4-6-14)15(19)17(2)13-7-8-13/h3-6,13H,7-10H2,1-2H3. The molecule has 0 radical (unpaired) electrons. The van der Waals surface area contributed by atoms with Crippen molar-refractivity contribution in [3.05, 3.63) is 29.8 Å². The first kappa shape index (κ1) is 12.2. The van der Waals surface area contributed by atoms with Gasteiger partial charge in [0.25, 0.3) is 5.91 Å². The third-order valence-electron chi connectivity index (χ3n) is 3.80. The topological polar surface area (TPSA) is 35.9 Å². The van der Waals surface area contributed by atoms with E-state index in [0.29, 0.717) is 6.04 Å². The van der Waals surface area contributed by atoms with Crippen molar-refractivity contribution in [1.82, 2.24) is 4.90 Å². The summed E-state index contributed by atoms with van der Waals surface area (Å²) in [6, 6.07) is 8.23. The van der Waals surface area contributed by atoms with Crippen molar-refractivity contribution in [1.29, 1.82) is 0 Å². The van der Waals surface area contributed by atoms with Gasteiger partial charge in [-0.1, -0.05) is 0 Å². The molecule has 1 amide bonds. The average molecular weight is 257 g/mol. The van der Waals surface area contributed by atoms with E-state index < -0.39 is 0 Å². The van der Waals surface area contributed by atoms with Gasteiger partial charge in [-0.3, -0.25) is 9.80 Å². The summed E-state index contributed by atoms with van der Waals surface area (Å²) >= 11 is 0. The van der Waals surface area contributed by atoms with Crippen molar-refractivity contribution < 1.29 is 4.79 Å². The number of hydrogen-bond acceptors (Lipinski definition) is 3. The number of rotatable bonds is 3. The molecule has 100 valence electrons. The summed E-state index contributed by atoms with van der Waals surface area (Å²) in [7, 11) is 1.89. The molecule has 19 heavy (non-hydrogen) atoms. The third kappa shape index (κ3) is 2.48.